The molecule has 0 fully saturated rings. The zero-order valence-corrected chi connectivity index (χ0v) is 18.1. The van der Waals surface area contributed by atoms with Gasteiger partial charge in [-0.3, -0.25) is 4.79 Å². The third kappa shape index (κ3) is 4.79. The van der Waals surface area contributed by atoms with Crippen molar-refractivity contribution in [1.29, 1.82) is 0 Å². The number of fused-ring (bicyclic) bond motifs is 3. The van der Waals surface area contributed by atoms with Crippen LogP contribution in [0.1, 0.15) is 39.8 Å². The molecule has 0 saturated heterocycles. The van der Waals surface area contributed by atoms with Crippen molar-refractivity contribution in [1.82, 2.24) is 10.6 Å². The second-order valence-corrected chi connectivity index (χ2v) is 7.72. The lowest BCUT2D eigenvalue weighted by Crippen LogP contribution is -2.46. The van der Waals surface area contributed by atoms with Crippen LogP contribution in [0.3, 0.4) is 0 Å². The van der Waals surface area contributed by atoms with Crippen molar-refractivity contribution in [3.8, 4) is 23.5 Å². The van der Waals surface area contributed by atoms with Gasteiger partial charge in [0.1, 0.15) is 18.4 Å². The number of hydrogen-bond acceptors (Lipinski definition) is 5. The molecule has 1 unspecified atom stereocenters. The number of ether oxygens (including phenoxy) is 1. The summed E-state index contributed by atoms with van der Waals surface area (Å²) in [5, 5.41) is 14.0. The van der Waals surface area contributed by atoms with E-state index in [1.54, 1.807) is 0 Å². The number of furan rings is 1. The average Bonchev–Trinajstić information content (AvgIpc) is 3.44. The maximum atomic E-state index is 12.5. The fourth-order valence-corrected chi connectivity index (χ4v) is 3.99. The van der Waals surface area contributed by atoms with Crippen molar-refractivity contribution in [3.63, 3.8) is 0 Å². The molecule has 1 heterocycles. The summed E-state index contributed by atoms with van der Waals surface area (Å²) in [6, 6.07) is 17.7. The Bertz CT molecular complexity index is 1230. The van der Waals surface area contributed by atoms with E-state index in [1.165, 1.54) is 12.1 Å². The van der Waals surface area contributed by atoms with E-state index in [1.807, 2.05) is 48.5 Å². The van der Waals surface area contributed by atoms with Gasteiger partial charge in [0.05, 0.1) is 6.54 Å². The SMILES string of the molecule is C#CCC(NC(=O)OCC1c2ccccc2-c2ccccc21)C(=O)NCc1ccc(C(=O)O)o1. The molecule has 172 valence electrons. The number of carboxylic acid groups (broad SMARTS) is 1. The van der Waals surface area contributed by atoms with Crippen LogP contribution in [0.15, 0.2) is 65.1 Å². The Hall–Kier alpha value is -4.51. The molecular weight excluding hydrogens is 436 g/mol. The van der Waals surface area contributed by atoms with Gasteiger partial charge in [-0.1, -0.05) is 48.5 Å². The Morgan fingerprint density at radius 3 is 2.26 bits per heavy atom. The summed E-state index contributed by atoms with van der Waals surface area (Å²) < 4.78 is 10.6. The standard InChI is InChI=1S/C26H22N2O6/c1-2-7-22(24(29)27-14-16-12-13-23(34-16)25(30)31)28-26(32)33-15-21-19-10-5-3-8-17(19)18-9-4-6-11-20(18)21/h1,3-6,8-13,21-22H,7,14-15H2,(H,27,29)(H,28,32)(H,30,31). The molecule has 1 aliphatic carbocycles. The summed E-state index contributed by atoms with van der Waals surface area (Å²) >= 11 is 0. The number of aromatic carboxylic acids is 1. The summed E-state index contributed by atoms with van der Waals surface area (Å²) in [4.78, 5) is 35.9. The molecule has 2 aromatic carbocycles. The van der Waals surface area contributed by atoms with Gasteiger partial charge in [-0.2, -0.15) is 0 Å². The van der Waals surface area contributed by atoms with Gasteiger partial charge in [0.15, 0.2) is 0 Å². The van der Waals surface area contributed by atoms with Gasteiger partial charge in [0.25, 0.3) is 0 Å². The largest absolute Gasteiger partial charge is 0.475 e. The summed E-state index contributed by atoms with van der Waals surface area (Å²) in [6.45, 7) is 0.0498. The minimum absolute atomic E-state index is 0.0471. The molecule has 0 saturated carbocycles. The molecule has 2 amide bonds. The van der Waals surface area contributed by atoms with Crippen LogP contribution in [0.5, 0.6) is 0 Å². The van der Waals surface area contributed by atoms with E-state index in [9.17, 15) is 14.4 Å². The monoisotopic (exact) mass is 458 g/mol. The average molecular weight is 458 g/mol. The highest BCUT2D eigenvalue weighted by molar-refractivity contribution is 5.86. The van der Waals surface area contributed by atoms with E-state index in [-0.39, 0.29) is 37.0 Å². The third-order valence-electron chi connectivity index (χ3n) is 5.58. The molecule has 0 bridgehead atoms. The van der Waals surface area contributed by atoms with Gasteiger partial charge >= 0.3 is 12.1 Å². The molecule has 8 nitrogen and oxygen atoms in total. The predicted octanol–water partition coefficient (Wildman–Crippen LogP) is 3.52. The van der Waals surface area contributed by atoms with Crippen LogP contribution in [-0.4, -0.2) is 35.7 Å². The van der Waals surface area contributed by atoms with Gasteiger partial charge in [0, 0.05) is 12.3 Å². The molecule has 3 aromatic rings. The highest BCUT2D eigenvalue weighted by atomic mass is 16.5. The van der Waals surface area contributed by atoms with Crippen LogP contribution in [0.2, 0.25) is 0 Å². The van der Waals surface area contributed by atoms with Crippen molar-refractivity contribution in [3.05, 3.63) is 83.3 Å². The fourth-order valence-electron chi connectivity index (χ4n) is 3.99. The first-order valence-corrected chi connectivity index (χ1v) is 10.6. The van der Waals surface area contributed by atoms with E-state index in [0.717, 1.165) is 22.3 Å². The molecule has 0 spiro atoms. The molecule has 1 aliphatic rings. The zero-order valence-electron chi connectivity index (χ0n) is 18.1. The van der Waals surface area contributed by atoms with E-state index in [4.69, 9.17) is 20.7 Å². The number of nitrogens with one attached hydrogen (secondary N) is 2. The van der Waals surface area contributed by atoms with Crippen LogP contribution in [0.25, 0.3) is 11.1 Å². The van der Waals surface area contributed by atoms with E-state index < -0.39 is 24.0 Å². The van der Waals surface area contributed by atoms with Gasteiger partial charge in [0.2, 0.25) is 11.7 Å². The quantitative estimate of drug-likeness (QED) is 0.445. The van der Waals surface area contributed by atoms with Crippen molar-refractivity contribution in [2.75, 3.05) is 6.61 Å². The summed E-state index contributed by atoms with van der Waals surface area (Å²) in [7, 11) is 0. The number of amides is 2. The van der Waals surface area contributed by atoms with Crippen LogP contribution in [-0.2, 0) is 16.1 Å². The van der Waals surface area contributed by atoms with Crippen LogP contribution < -0.4 is 10.6 Å². The number of carbonyl (C=O) groups excluding carboxylic acids is 2. The number of rotatable bonds is 8. The Kier molecular flexibility index (Phi) is 6.64. The Labute approximate surface area is 195 Å². The maximum absolute atomic E-state index is 12.5. The molecule has 4 rings (SSSR count). The maximum Gasteiger partial charge on any atom is 0.407 e. The topological polar surface area (TPSA) is 118 Å². The van der Waals surface area contributed by atoms with Crippen LogP contribution >= 0.6 is 0 Å². The molecule has 1 aromatic heterocycles. The van der Waals surface area contributed by atoms with Gasteiger partial charge in [-0.25, -0.2) is 9.59 Å². The zero-order chi connectivity index (χ0) is 24.1. The van der Waals surface area contributed by atoms with E-state index >= 15 is 0 Å². The summed E-state index contributed by atoms with van der Waals surface area (Å²) in [5.41, 5.74) is 4.38. The number of terminal acetylenes is 1. The third-order valence-corrected chi connectivity index (χ3v) is 5.58. The Morgan fingerprint density at radius 1 is 1.03 bits per heavy atom. The highest BCUT2D eigenvalue weighted by Gasteiger charge is 2.29. The molecule has 8 heteroatoms. The van der Waals surface area contributed by atoms with Gasteiger partial charge < -0.3 is 24.9 Å². The van der Waals surface area contributed by atoms with E-state index in [2.05, 4.69) is 16.6 Å². The first-order valence-electron chi connectivity index (χ1n) is 10.6. The number of carboxylic acids is 1. The number of benzene rings is 2. The first kappa shape index (κ1) is 22.7. The molecular formula is C26H22N2O6. The molecule has 34 heavy (non-hydrogen) atoms. The lowest BCUT2D eigenvalue weighted by atomic mass is 9.98. The van der Waals surface area contributed by atoms with Crippen molar-refractivity contribution in [2.24, 2.45) is 0 Å². The van der Waals surface area contributed by atoms with Crippen LogP contribution in [0.4, 0.5) is 4.79 Å². The Morgan fingerprint density at radius 2 is 1.68 bits per heavy atom. The molecule has 1 atom stereocenters. The van der Waals surface area contributed by atoms with Crippen molar-refractivity contribution in [2.45, 2.75) is 24.9 Å². The van der Waals surface area contributed by atoms with Gasteiger partial charge in [-0.15, -0.1) is 12.3 Å². The number of alkyl carbamates (subject to hydrolysis) is 1. The van der Waals surface area contributed by atoms with Crippen molar-refractivity contribution < 1.29 is 28.6 Å². The lowest BCUT2D eigenvalue weighted by molar-refractivity contribution is -0.123. The Balaban J connectivity index is 1.35. The van der Waals surface area contributed by atoms with Gasteiger partial charge in [-0.05, 0) is 34.4 Å². The minimum Gasteiger partial charge on any atom is -0.475 e. The first-order chi connectivity index (χ1) is 16.5. The minimum atomic E-state index is -1.21. The highest BCUT2D eigenvalue weighted by Crippen LogP contribution is 2.44. The fraction of sp³-hybridized carbons (Fsp3) is 0.192. The smallest absolute Gasteiger partial charge is 0.407 e. The molecule has 3 N–H and O–H groups in total. The number of carbonyl (C=O) groups is 3. The predicted molar refractivity (Wildman–Crippen MR) is 123 cm³/mol. The van der Waals surface area contributed by atoms with Crippen molar-refractivity contribution >= 4 is 18.0 Å². The lowest BCUT2D eigenvalue weighted by Gasteiger charge is -2.18. The number of hydrogen-bond donors (Lipinski definition) is 3. The molecule has 0 aliphatic heterocycles. The second kappa shape index (κ2) is 9.96. The van der Waals surface area contributed by atoms with E-state index in [0.29, 0.717) is 0 Å². The summed E-state index contributed by atoms with van der Waals surface area (Å²) in [6.07, 6.45) is 4.55. The normalized spacial score (nSPS) is 12.7. The summed E-state index contributed by atoms with van der Waals surface area (Å²) in [5.74, 6) is 0.522. The molecule has 0 radical (unpaired) electrons. The van der Waals surface area contributed by atoms with Crippen LogP contribution in [0, 0.1) is 12.3 Å². The second-order valence-electron chi connectivity index (χ2n) is 7.72.